The molecule has 7 heteroatoms. The van der Waals surface area contributed by atoms with Crippen molar-refractivity contribution in [3.63, 3.8) is 0 Å². The average Bonchev–Trinajstić information content (AvgIpc) is 2.69. The first-order chi connectivity index (χ1) is 8.59. The van der Waals surface area contributed by atoms with E-state index >= 15 is 0 Å². The molecular formula is C11H11BrN4O2. The van der Waals surface area contributed by atoms with Crippen molar-refractivity contribution in [2.75, 3.05) is 11.9 Å². The third kappa shape index (κ3) is 2.51. The molecule has 0 unspecified atom stereocenters. The predicted molar refractivity (Wildman–Crippen MR) is 69.7 cm³/mol. The van der Waals surface area contributed by atoms with Gasteiger partial charge in [-0.15, -0.1) is 0 Å². The van der Waals surface area contributed by atoms with Crippen molar-refractivity contribution in [2.45, 2.75) is 6.92 Å². The zero-order chi connectivity index (χ0) is 13.1. The summed E-state index contributed by atoms with van der Waals surface area (Å²) in [6.07, 6.45) is 2.58. The maximum absolute atomic E-state index is 11.9. The predicted octanol–water partition coefficient (Wildman–Crippen LogP) is 2.51. The minimum absolute atomic E-state index is 0.395. The monoisotopic (exact) mass is 310 g/mol. The molecule has 2 aromatic rings. The van der Waals surface area contributed by atoms with E-state index in [1.807, 2.05) is 6.92 Å². The molecule has 0 aromatic carbocycles. The molecule has 0 aliphatic heterocycles. The number of H-pyrrole nitrogens is 1. The Balaban J connectivity index is 2.15. The Labute approximate surface area is 112 Å². The first-order valence-corrected chi connectivity index (χ1v) is 5.95. The third-order valence-electron chi connectivity index (χ3n) is 2.32. The van der Waals surface area contributed by atoms with E-state index in [-0.39, 0.29) is 0 Å². The van der Waals surface area contributed by atoms with E-state index in [1.165, 1.54) is 11.1 Å². The molecule has 18 heavy (non-hydrogen) atoms. The van der Waals surface area contributed by atoms with E-state index in [2.05, 4.69) is 31.1 Å². The van der Waals surface area contributed by atoms with Gasteiger partial charge in [0, 0.05) is 13.2 Å². The van der Waals surface area contributed by atoms with Crippen LogP contribution >= 0.6 is 15.9 Å². The molecule has 1 N–H and O–H groups in total. The number of hydrogen-bond donors (Lipinski definition) is 1. The summed E-state index contributed by atoms with van der Waals surface area (Å²) in [5, 5.41) is 6.73. The zero-order valence-corrected chi connectivity index (χ0v) is 11.4. The summed E-state index contributed by atoms with van der Waals surface area (Å²) in [5.74, 6) is 0.395. The maximum Gasteiger partial charge on any atom is 0.419 e. The molecule has 0 saturated heterocycles. The number of ether oxygens (including phenoxy) is 1. The number of rotatable bonds is 2. The molecule has 0 atom stereocenters. The molecule has 2 rings (SSSR count). The van der Waals surface area contributed by atoms with Crippen LogP contribution in [-0.2, 0) is 0 Å². The van der Waals surface area contributed by atoms with Crippen molar-refractivity contribution in [2.24, 2.45) is 0 Å². The summed E-state index contributed by atoms with van der Waals surface area (Å²) in [4.78, 5) is 17.2. The molecule has 1 amide bonds. The summed E-state index contributed by atoms with van der Waals surface area (Å²) in [6.45, 7) is 1.82. The molecule has 6 nitrogen and oxygen atoms in total. The number of halogens is 1. The van der Waals surface area contributed by atoms with Crippen LogP contribution in [0, 0.1) is 6.92 Å². The topological polar surface area (TPSA) is 71.1 Å². The van der Waals surface area contributed by atoms with Crippen molar-refractivity contribution in [1.82, 2.24) is 15.2 Å². The number of pyridine rings is 1. The zero-order valence-electron chi connectivity index (χ0n) is 9.85. The van der Waals surface area contributed by atoms with Crippen LogP contribution in [0.3, 0.4) is 0 Å². The lowest BCUT2D eigenvalue weighted by Crippen LogP contribution is -2.30. The number of nitrogens with one attached hydrogen (secondary N) is 1. The molecule has 2 heterocycles. The van der Waals surface area contributed by atoms with Crippen LogP contribution < -0.4 is 9.64 Å². The molecule has 0 spiro atoms. The summed E-state index contributed by atoms with van der Waals surface area (Å²) in [5.41, 5.74) is 1.41. The van der Waals surface area contributed by atoms with Crippen LogP contribution in [0.15, 0.2) is 29.1 Å². The van der Waals surface area contributed by atoms with Crippen molar-refractivity contribution >= 4 is 27.7 Å². The van der Waals surface area contributed by atoms with E-state index in [9.17, 15) is 4.79 Å². The first kappa shape index (κ1) is 12.6. The van der Waals surface area contributed by atoms with Crippen molar-refractivity contribution < 1.29 is 9.53 Å². The number of aromatic nitrogens is 3. The summed E-state index contributed by atoms with van der Waals surface area (Å²) >= 11 is 3.27. The molecule has 0 aliphatic carbocycles. The second-order valence-electron chi connectivity index (χ2n) is 3.60. The fraction of sp³-hybridized carbons (Fsp3) is 0.182. The van der Waals surface area contributed by atoms with E-state index in [0.29, 0.717) is 16.0 Å². The summed E-state index contributed by atoms with van der Waals surface area (Å²) < 4.78 is 5.73. The van der Waals surface area contributed by atoms with Gasteiger partial charge in [-0.05, 0) is 35.0 Å². The second kappa shape index (κ2) is 5.18. The highest BCUT2D eigenvalue weighted by atomic mass is 79.9. The normalized spacial score (nSPS) is 10.2. The Kier molecular flexibility index (Phi) is 3.61. The second-order valence-corrected chi connectivity index (χ2v) is 4.35. The van der Waals surface area contributed by atoms with E-state index < -0.39 is 6.09 Å². The minimum Gasteiger partial charge on any atom is -0.408 e. The number of carbonyl (C=O) groups is 1. The fourth-order valence-electron chi connectivity index (χ4n) is 1.45. The lowest BCUT2D eigenvalue weighted by Gasteiger charge is -2.16. The fourth-order valence-corrected chi connectivity index (χ4v) is 2.10. The first-order valence-electron chi connectivity index (χ1n) is 5.15. The van der Waals surface area contributed by atoms with Gasteiger partial charge >= 0.3 is 6.09 Å². The molecule has 2 aromatic heterocycles. The van der Waals surface area contributed by atoms with Gasteiger partial charge in [-0.1, -0.05) is 0 Å². The number of anilines is 1. The Morgan fingerprint density at radius 2 is 2.33 bits per heavy atom. The van der Waals surface area contributed by atoms with Gasteiger partial charge in [0.05, 0.1) is 11.9 Å². The SMILES string of the molecule is Cc1[nH]nc(Br)c1N(C)C(=O)Oc1cccnc1. The number of aromatic amines is 1. The highest BCUT2D eigenvalue weighted by molar-refractivity contribution is 9.10. The largest absolute Gasteiger partial charge is 0.419 e. The Bertz CT molecular complexity index is 536. The van der Waals surface area contributed by atoms with Gasteiger partial charge in [0.1, 0.15) is 5.69 Å². The van der Waals surface area contributed by atoms with E-state index in [1.54, 1.807) is 25.4 Å². The number of aryl methyl sites for hydroxylation is 1. The van der Waals surface area contributed by atoms with Crippen LogP contribution in [0.25, 0.3) is 0 Å². The van der Waals surface area contributed by atoms with Crippen molar-refractivity contribution in [3.05, 3.63) is 34.8 Å². The average molecular weight is 311 g/mol. The highest BCUT2D eigenvalue weighted by Crippen LogP contribution is 2.27. The summed E-state index contributed by atoms with van der Waals surface area (Å²) in [7, 11) is 1.61. The lowest BCUT2D eigenvalue weighted by molar-refractivity contribution is 0.209. The van der Waals surface area contributed by atoms with Gasteiger partial charge in [0.15, 0.2) is 10.4 Å². The third-order valence-corrected chi connectivity index (χ3v) is 2.87. The van der Waals surface area contributed by atoms with Crippen molar-refractivity contribution in [1.29, 1.82) is 0 Å². The molecule has 94 valence electrons. The highest BCUT2D eigenvalue weighted by Gasteiger charge is 2.20. The number of carbonyl (C=O) groups excluding carboxylic acids is 1. The van der Waals surface area contributed by atoms with Gasteiger partial charge in [-0.25, -0.2) is 4.79 Å². The van der Waals surface area contributed by atoms with E-state index in [0.717, 1.165) is 5.69 Å². The molecule has 0 fully saturated rings. The minimum atomic E-state index is -0.506. The van der Waals surface area contributed by atoms with Crippen LogP contribution in [0.2, 0.25) is 0 Å². The quantitative estimate of drug-likeness (QED) is 0.925. The molecular weight excluding hydrogens is 300 g/mol. The van der Waals surface area contributed by atoms with Gasteiger partial charge in [-0.3, -0.25) is 15.0 Å². The molecule has 0 saturated carbocycles. The number of amides is 1. The van der Waals surface area contributed by atoms with E-state index in [4.69, 9.17) is 4.74 Å². The summed E-state index contributed by atoms with van der Waals surface area (Å²) in [6, 6.07) is 3.36. The Morgan fingerprint density at radius 3 is 2.89 bits per heavy atom. The van der Waals surface area contributed by atoms with Gasteiger partial charge in [0.25, 0.3) is 0 Å². The van der Waals surface area contributed by atoms with Crippen LogP contribution in [0.1, 0.15) is 5.69 Å². The van der Waals surface area contributed by atoms with Crippen molar-refractivity contribution in [3.8, 4) is 5.75 Å². The lowest BCUT2D eigenvalue weighted by atomic mass is 10.4. The molecule has 0 aliphatic rings. The van der Waals surface area contributed by atoms with Crippen LogP contribution in [0.5, 0.6) is 5.75 Å². The molecule has 0 bridgehead atoms. The Morgan fingerprint density at radius 1 is 1.56 bits per heavy atom. The van der Waals surface area contributed by atoms with Gasteiger partial charge in [0.2, 0.25) is 0 Å². The number of hydrogen-bond acceptors (Lipinski definition) is 4. The van der Waals surface area contributed by atoms with Gasteiger partial charge in [-0.2, -0.15) is 5.10 Å². The Hall–Kier alpha value is -1.89. The number of nitrogens with zero attached hydrogens (tertiary/aromatic N) is 3. The molecule has 0 radical (unpaired) electrons. The maximum atomic E-state index is 11.9. The van der Waals surface area contributed by atoms with Gasteiger partial charge < -0.3 is 4.74 Å². The standard InChI is InChI=1S/C11H11BrN4O2/c1-7-9(10(12)15-14-7)16(2)11(17)18-8-4-3-5-13-6-8/h3-6H,1-2H3,(H,14,15). The van der Waals surface area contributed by atoms with Crippen LogP contribution in [0.4, 0.5) is 10.5 Å². The van der Waals surface area contributed by atoms with Crippen LogP contribution in [-0.4, -0.2) is 28.3 Å². The smallest absolute Gasteiger partial charge is 0.408 e.